The quantitative estimate of drug-likeness (QED) is 0.244. The van der Waals surface area contributed by atoms with Crippen LogP contribution < -0.4 is 23.7 Å². The molecule has 0 aliphatic carbocycles. The molecule has 1 atom stereocenters. The standard InChI is InChI=1S/C21H25O11PS/c1-27-15-10-18(29-3)16(19(11-15)30-4)7-8-34(26)13-14-5-6-17(28-2)20(9-14)32-21(22)12-31-33(23,24)25/h5-11H,12-13H2,1-4H3,(H2,23,24,25). The summed E-state index contributed by atoms with van der Waals surface area (Å²) in [5.74, 6) is 0.699. The predicted molar refractivity (Wildman–Crippen MR) is 124 cm³/mol. The van der Waals surface area contributed by atoms with Crippen LogP contribution in [0, 0.1) is 0 Å². The van der Waals surface area contributed by atoms with Gasteiger partial charge in [-0.05, 0) is 23.8 Å². The number of carbonyl (C=O) groups is 1. The van der Waals surface area contributed by atoms with Crippen molar-refractivity contribution in [3.05, 3.63) is 46.9 Å². The van der Waals surface area contributed by atoms with Gasteiger partial charge in [-0.2, -0.15) is 0 Å². The lowest BCUT2D eigenvalue weighted by Gasteiger charge is -2.12. The summed E-state index contributed by atoms with van der Waals surface area (Å²) >= 11 is 0. The number of ether oxygens (including phenoxy) is 5. The molecule has 0 amide bonds. The summed E-state index contributed by atoms with van der Waals surface area (Å²) < 4.78 is 53.7. The number of benzene rings is 2. The summed E-state index contributed by atoms with van der Waals surface area (Å²) in [6, 6.07) is 7.94. The molecule has 0 spiro atoms. The van der Waals surface area contributed by atoms with E-state index >= 15 is 0 Å². The summed E-state index contributed by atoms with van der Waals surface area (Å²) in [5, 5.41) is 1.47. The van der Waals surface area contributed by atoms with Crippen LogP contribution in [0.4, 0.5) is 0 Å². The Morgan fingerprint density at radius 1 is 0.941 bits per heavy atom. The van der Waals surface area contributed by atoms with Gasteiger partial charge in [-0.3, -0.25) is 8.73 Å². The van der Waals surface area contributed by atoms with E-state index in [1.165, 1.54) is 46.0 Å². The molecule has 0 aliphatic heterocycles. The predicted octanol–water partition coefficient (Wildman–Crippen LogP) is 2.66. The molecule has 13 heteroatoms. The van der Waals surface area contributed by atoms with Gasteiger partial charge in [-0.15, -0.1) is 0 Å². The maximum Gasteiger partial charge on any atom is 0.470 e. The van der Waals surface area contributed by atoms with Crippen LogP contribution in [-0.4, -0.2) is 55.0 Å². The average molecular weight is 516 g/mol. The number of phosphoric acid groups is 1. The van der Waals surface area contributed by atoms with Crippen molar-refractivity contribution in [1.82, 2.24) is 0 Å². The second-order valence-corrected chi connectivity index (χ2v) is 9.06. The van der Waals surface area contributed by atoms with E-state index in [1.54, 1.807) is 24.3 Å². The van der Waals surface area contributed by atoms with Crippen molar-refractivity contribution >= 4 is 30.7 Å². The van der Waals surface area contributed by atoms with Crippen molar-refractivity contribution in [2.75, 3.05) is 35.0 Å². The van der Waals surface area contributed by atoms with Crippen LogP contribution in [0.25, 0.3) is 6.08 Å². The molecule has 0 saturated heterocycles. The van der Waals surface area contributed by atoms with Crippen LogP contribution >= 0.6 is 7.82 Å². The molecule has 0 radical (unpaired) electrons. The molecule has 186 valence electrons. The third kappa shape index (κ3) is 8.15. The molecule has 0 fully saturated rings. The highest BCUT2D eigenvalue weighted by atomic mass is 32.2. The minimum absolute atomic E-state index is 0.0150. The first-order chi connectivity index (χ1) is 16.1. The molecule has 0 bridgehead atoms. The smallest absolute Gasteiger partial charge is 0.470 e. The minimum Gasteiger partial charge on any atom is -0.496 e. The van der Waals surface area contributed by atoms with E-state index < -0.39 is 31.2 Å². The normalized spacial score (nSPS) is 12.3. The van der Waals surface area contributed by atoms with Gasteiger partial charge in [-0.25, -0.2) is 9.36 Å². The van der Waals surface area contributed by atoms with Gasteiger partial charge in [0.1, 0.15) is 17.2 Å². The number of hydrogen-bond acceptors (Lipinski definition) is 9. The molecule has 0 heterocycles. The highest BCUT2D eigenvalue weighted by Gasteiger charge is 2.19. The Labute approximate surface area is 198 Å². The second kappa shape index (κ2) is 12.5. The van der Waals surface area contributed by atoms with Crippen molar-refractivity contribution in [2.45, 2.75) is 5.75 Å². The van der Waals surface area contributed by atoms with Crippen molar-refractivity contribution in [3.63, 3.8) is 0 Å². The molecule has 34 heavy (non-hydrogen) atoms. The van der Waals surface area contributed by atoms with E-state index in [-0.39, 0.29) is 17.3 Å². The SMILES string of the molecule is COc1cc(OC)c(C=CS(=O)Cc2ccc(OC)c(OC(=O)COP(=O)(O)O)c2)c(OC)c1. The number of methoxy groups -OCH3 is 4. The Morgan fingerprint density at radius 2 is 1.56 bits per heavy atom. The summed E-state index contributed by atoms with van der Waals surface area (Å²) in [5.41, 5.74) is 1.13. The third-order valence-corrected chi connectivity index (χ3v) is 5.77. The second-order valence-electron chi connectivity index (χ2n) is 6.50. The largest absolute Gasteiger partial charge is 0.496 e. The molecular formula is C21H25O11PS. The van der Waals surface area contributed by atoms with Gasteiger partial charge in [0.2, 0.25) is 0 Å². The summed E-state index contributed by atoms with van der Waals surface area (Å²) in [7, 11) is -0.441. The minimum atomic E-state index is -4.83. The Morgan fingerprint density at radius 3 is 2.09 bits per heavy atom. The zero-order valence-corrected chi connectivity index (χ0v) is 20.6. The zero-order chi connectivity index (χ0) is 25.3. The van der Waals surface area contributed by atoms with Gasteiger partial charge in [0.05, 0.1) is 50.6 Å². The zero-order valence-electron chi connectivity index (χ0n) is 18.9. The van der Waals surface area contributed by atoms with Crippen molar-refractivity contribution in [1.29, 1.82) is 0 Å². The molecule has 2 N–H and O–H groups in total. The van der Waals surface area contributed by atoms with E-state index in [0.29, 0.717) is 28.4 Å². The Hall–Kier alpha value is -2.89. The van der Waals surface area contributed by atoms with Crippen LogP contribution in [0.15, 0.2) is 35.7 Å². The number of hydrogen-bond donors (Lipinski definition) is 2. The summed E-state index contributed by atoms with van der Waals surface area (Å²) in [6.07, 6.45) is 1.61. The van der Waals surface area contributed by atoms with Gasteiger partial charge in [-0.1, -0.05) is 6.07 Å². The monoisotopic (exact) mass is 516 g/mol. The molecule has 0 aliphatic rings. The van der Waals surface area contributed by atoms with Gasteiger partial charge in [0.15, 0.2) is 18.1 Å². The van der Waals surface area contributed by atoms with Gasteiger partial charge in [0, 0.05) is 17.5 Å². The molecule has 0 saturated carbocycles. The first-order valence-electron chi connectivity index (χ1n) is 9.53. The molecule has 2 rings (SSSR count). The third-order valence-electron chi connectivity index (χ3n) is 4.25. The van der Waals surface area contributed by atoms with Gasteiger partial charge in [0.25, 0.3) is 0 Å². The van der Waals surface area contributed by atoms with Gasteiger partial charge >= 0.3 is 13.8 Å². The van der Waals surface area contributed by atoms with Crippen LogP contribution in [0.3, 0.4) is 0 Å². The van der Waals surface area contributed by atoms with Crippen molar-refractivity contribution in [3.8, 4) is 28.7 Å². The summed E-state index contributed by atoms with van der Waals surface area (Å²) in [6.45, 7) is -0.960. The van der Waals surface area contributed by atoms with Crippen LogP contribution in [-0.2, 0) is 30.4 Å². The molecular weight excluding hydrogens is 491 g/mol. The topological polar surface area (TPSA) is 147 Å². The number of carbonyl (C=O) groups excluding carboxylic acids is 1. The Kier molecular flexibility index (Phi) is 10.1. The maximum atomic E-state index is 12.7. The molecule has 2 aromatic carbocycles. The fraction of sp³-hybridized carbons (Fsp3) is 0.286. The number of phosphoric ester groups is 1. The summed E-state index contributed by atoms with van der Waals surface area (Å²) in [4.78, 5) is 29.2. The molecule has 0 aromatic heterocycles. The van der Waals surface area contributed by atoms with E-state index in [1.807, 2.05) is 0 Å². The van der Waals surface area contributed by atoms with Crippen molar-refractivity contribution in [2.24, 2.45) is 0 Å². The van der Waals surface area contributed by atoms with Crippen molar-refractivity contribution < 1.29 is 51.6 Å². The van der Waals surface area contributed by atoms with Crippen LogP contribution in [0.1, 0.15) is 11.1 Å². The van der Waals surface area contributed by atoms with Crippen LogP contribution in [0.5, 0.6) is 28.7 Å². The fourth-order valence-electron chi connectivity index (χ4n) is 2.73. The lowest BCUT2D eigenvalue weighted by molar-refractivity contribution is -0.137. The van der Waals surface area contributed by atoms with E-state index in [4.69, 9.17) is 33.5 Å². The Balaban J connectivity index is 2.17. The molecule has 11 nitrogen and oxygen atoms in total. The number of rotatable bonds is 12. The Bertz CT molecular complexity index is 1080. The molecule has 2 aromatic rings. The fourth-order valence-corrected chi connectivity index (χ4v) is 3.90. The molecule has 1 unspecified atom stereocenters. The lowest BCUT2D eigenvalue weighted by Crippen LogP contribution is -2.15. The number of esters is 1. The first-order valence-corrected chi connectivity index (χ1v) is 12.4. The highest BCUT2D eigenvalue weighted by Crippen LogP contribution is 2.36. The van der Waals surface area contributed by atoms with E-state index in [9.17, 15) is 13.6 Å². The first kappa shape index (κ1) is 27.4. The lowest BCUT2D eigenvalue weighted by atomic mass is 10.1. The highest BCUT2D eigenvalue weighted by molar-refractivity contribution is 7.87. The van der Waals surface area contributed by atoms with Crippen LogP contribution in [0.2, 0.25) is 0 Å². The average Bonchev–Trinajstić information content (AvgIpc) is 2.80. The van der Waals surface area contributed by atoms with E-state index in [2.05, 4.69) is 4.52 Å². The maximum absolute atomic E-state index is 12.7. The van der Waals surface area contributed by atoms with Gasteiger partial charge < -0.3 is 33.5 Å². The van der Waals surface area contributed by atoms with E-state index in [0.717, 1.165) is 0 Å².